The summed E-state index contributed by atoms with van der Waals surface area (Å²) < 4.78 is 30.4. The van der Waals surface area contributed by atoms with Crippen LogP contribution in [0.25, 0.3) is 0 Å². The maximum absolute atomic E-state index is 13.8. The van der Waals surface area contributed by atoms with Crippen molar-refractivity contribution >= 4 is 5.97 Å². The summed E-state index contributed by atoms with van der Waals surface area (Å²) in [5, 5.41) is 19.2. The van der Waals surface area contributed by atoms with E-state index in [1.54, 1.807) is 30.3 Å². The molecule has 0 heterocycles. The SMILES string of the molecule is COc1ccc(F)c(OC2CC(COc3cccc([C@H](O)[C@H](C)C(=O)O)c3)C2)c1. The molecular weight excluding hydrogens is 379 g/mol. The van der Waals surface area contributed by atoms with E-state index in [0.29, 0.717) is 23.7 Å². The molecule has 0 saturated heterocycles. The monoisotopic (exact) mass is 404 g/mol. The Hall–Kier alpha value is -2.80. The van der Waals surface area contributed by atoms with Crippen LogP contribution in [0.2, 0.25) is 0 Å². The van der Waals surface area contributed by atoms with Crippen molar-refractivity contribution in [1.29, 1.82) is 0 Å². The maximum atomic E-state index is 13.8. The standard InChI is InChI=1S/C22H25FO6/c1-13(22(25)26)21(24)15-4-3-5-17(10-15)28-12-14-8-18(9-14)29-20-11-16(27-2)6-7-19(20)23/h3-7,10-11,13-14,18,21,24H,8-9,12H2,1-2H3,(H,25,26)/t13-,14?,18?,21+/m0/s1. The summed E-state index contributed by atoms with van der Waals surface area (Å²) in [5.41, 5.74) is 0.501. The van der Waals surface area contributed by atoms with E-state index in [9.17, 15) is 14.3 Å². The average molecular weight is 404 g/mol. The van der Waals surface area contributed by atoms with E-state index in [-0.39, 0.29) is 17.8 Å². The minimum Gasteiger partial charge on any atom is -0.497 e. The predicted octanol–water partition coefficient (Wildman–Crippen LogP) is 3.82. The first-order chi connectivity index (χ1) is 13.9. The van der Waals surface area contributed by atoms with E-state index < -0.39 is 23.8 Å². The van der Waals surface area contributed by atoms with Gasteiger partial charge in [-0.3, -0.25) is 4.79 Å². The van der Waals surface area contributed by atoms with Crippen molar-refractivity contribution in [3.05, 3.63) is 53.8 Å². The predicted molar refractivity (Wildman–Crippen MR) is 104 cm³/mol. The van der Waals surface area contributed by atoms with Gasteiger partial charge in [-0.2, -0.15) is 0 Å². The number of aliphatic hydroxyl groups excluding tert-OH is 1. The van der Waals surface area contributed by atoms with Crippen molar-refractivity contribution in [3.8, 4) is 17.2 Å². The lowest BCUT2D eigenvalue weighted by molar-refractivity contribution is -0.145. The highest BCUT2D eigenvalue weighted by Crippen LogP contribution is 2.34. The van der Waals surface area contributed by atoms with Gasteiger partial charge in [-0.25, -0.2) is 4.39 Å². The molecule has 0 radical (unpaired) electrons. The van der Waals surface area contributed by atoms with E-state index in [0.717, 1.165) is 12.8 Å². The zero-order valence-electron chi connectivity index (χ0n) is 16.4. The average Bonchev–Trinajstić information content (AvgIpc) is 2.69. The second-order valence-corrected chi connectivity index (χ2v) is 7.33. The number of rotatable bonds is 9. The smallest absolute Gasteiger partial charge is 0.309 e. The van der Waals surface area contributed by atoms with Gasteiger partial charge in [-0.15, -0.1) is 0 Å². The number of carboxylic acid groups (broad SMARTS) is 1. The molecule has 1 saturated carbocycles. The van der Waals surface area contributed by atoms with Gasteiger partial charge < -0.3 is 24.4 Å². The first-order valence-electron chi connectivity index (χ1n) is 9.51. The first kappa shape index (κ1) is 20.9. The van der Waals surface area contributed by atoms with Crippen molar-refractivity contribution in [3.63, 3.8) is 0 Å². The van der Waals surface area contributed by atoms with E-state index in [4.69, 9.17) is 19.3 Å². The quantitative estimate of drug-likeness (QED) is 0.661. The highest BCUT2D eigenvalue weighted by atomic mass is 19.1. The summed E-state index contributed by atoms with van der Waals surface area (Å²) in [6, 6.07) is 11.2. The molecule has 0 aromatic heterocycles. The summed E-state index contributed by atoms with van der Waals surface area (Å²) in [6.07, 6.45) is 0.314. The van der Waals surface area contributed by atoms with Crippen LogP contribution in [0, 0.1) is 17.7 Å². The summed E-state index contributed by atoms with van der Waals surface area (Å²) in [4.78, 5) is 11.0. The molecule has 1 fully saturated rings. The molecule has 0 bridgehead atoms. The Morgan fingerprint density at radius 2 is 1.97 bits per heavy atom. The third kappa shape index (κ3) is 5.17. The van der Waals surface area contributed by atoms with E-state index in [1.807, 2.05) is 0 Å². The molecule has 1 aliphatic rings. The van der Waals surface area contributed by atoms with Crippen molar-refractivity contribution < 1.29 is 33.6 Å². The van der Waals surface area contributed by atoms with Gasteiger partial charge in [-0.05, 0) is 55.5 Å². The number of benzene rings is 2. The fourth-order valence-corrected chi connectivity index (χ4v) is 3.21. The number of carboxylic acids is 1. The van der Waals surface area contributed by atoms with Crippen LogP contribution in [0.4, 0.5) is 4.39 Å². The van der Waals surface area contributed by atoms with Crippen LogP contribution in [-0.4, -0.2) is 36.0 Å². The number of halogens is 1. The first-order valence-corrected chi connectivity index (χ1v) is 9.51. The highest BCUT2D eigenvalue weighted by Gasteiger charge is 2.32. The molecule has 0 amide bonds. The number of hydrogen-bond acceptors (Lipinski definition) is 5. The Balaban J connectivity index is 1.48. The second-order valence-electron chi connectivity index (χ2n) is 7.33. The highest BCUT2D eigenvalue weighted by molar-refractivity contribution is 5.70. The van der Waals surface area contributed by atoms with Gasteiger partial charge in [0.2, 0.25) is 0 Å². The van der Waals surface area contributed by atoms with Crippen LogP contribution in [0.15, 0.2) is 42.5 Å². The Bertz CT molecular complexity index is 849. The molecule has 29 heavy (non-hydrogen) atoms. The number of ether oxygens (including phenoxy) is 3. The van der Waals surface area contributed by atoms with Gasteiger partial charge in [0.1, 0.15) is 11.5 Å². The lowest BCUT2D eigenvalue weighted by Gasteiger charge is -2.35. The Kier molecular flexibility index (Phi) is 6.59. The lowest BCUT2D eigenvalue weighted by atomic mass is 9.83. The summed E-state index contributed by atoms with van der Waals surface area (Å²) >= 11 is 0. The van der Waals surface area contributed by atoms with E-state index in [1.165, 1.54) is 26.2 Å². The molecular formula is C22H25FO6. The fourth-order valence-electron chi connectivity index (χ4n) is 3.21. The number of aliphatic hydroxyl groups is 1. The van der Waals surface area contributed by atoms with Crippen LogP contribution in [-0.2, 0) is 4.79 Å². The number of hydrogen-bond donors (Lipinski definition) is 2. The van der Waals surface area contributed by atoms with Gasteiger partial charge in [-0.1, -0.05) is 12.1 Å². The molecule has 6 nitrogen and oxygen atoms in total. The summed E-state index contributed by atoms with van der Waals surface area (Å²) in [6.45, 7) is 1.93. The van der Waals surface area contributed by atoms with Crippen molar-refractivity contribution in [2.75, 3.05) is 13.7 Å². The van der Waals surface area contributed by atoms with Crippen molar-refractivity contribution in [2.45, 2.75) is 32.0 Å². The molecule has 2 atom stereocenters. The molecule has 2 aromatic carbocycles. The molecule has 2 aromatic rings. The van der Waals surface area contributed by atoms with Gasteiger partial charge in [0.15, 0.2) is 11.6 Å². The molecule has 1 aliphatic carbocycles. The zero-order chi connectivity index (χ0) is 21.0. The Labute approximate surface area is 168 Å². The van der Waals surface area contributed by atoms with E-state index in [2.05, 4.69) is 0 Å². The Morgan fingerprint density at radius 3 is 2.66 bits per heavy atom. The molecule has 7 heteroatoms. The second kappa shape index (κ2) is 9.13. The molecule has 0 unspecified atom stereocenters. The molecule has 3 rings (SSSR count). The van der Waals surface area contributed by atoms with Gasteiger partial charge >= 0.3 is 5.97 Å². The topological polar surface area (TPSA) is 85.2 Å². The number of aliphatic carboxylic acids is 1. The van der Waals surface area contributed by atoms with Gasteiger partial charge in [0.25, 0.3) is 0 Å². The van der Waals surface area contributed by atoms with E-state index >= 15 is 0 Å². The van der Waals surface area contributed by atoms with Crippen LogP contribution in [0.1, 0.15) is 31.4 Å². The third-order valence-corrected chi connectivity index (χ3v) is 5.17. The normalized spacial score (nSPS) is 20.3. The molecule has 0 spiro atoms. The van der Waals surface area contributed by atoms with Gasteiger partial charge in [0.05, 0.1) is 31.8 Å². The number of carbonyl (C=O) groups is 1. The molecule has 0 aliphatic heterocycles. The van der Waals surface area contributed by atoms with Crippen LogP contribution < -0.4 is 14.2 Å². The van der Waals surface area contributed by atoms with Crippen molar-refractivity contribution in [1.82, 2.24) is 0 Å². The number of methoxy groups -OCH3 is 1. The largest absolute Gasteiger partial charge is 0.497 e. The lowest BCUT2D eigenvalue weighted by Crippen LogP contribution is -2.37. The van der Waals surface area contributed by atoms with Crippen LogP contribution in [0.5, 0.6) is 17.2 Å². The fraction of sp³-hybridized carbons (Fsp3) is 0.409. The third-order valence-electron chi connectivity index (χ3n) is 5.17. The minimum atomic E-state index is -1.10. The summed E-state index contributed by atoms with van der Waals surface area (Å²) in [5.74, 6) is -0.814. The van der Waals surface area contributed by atoms with Gasteiger partial charge in [0, 0.05) is 6.07 Å². The molecule has 2 N–H and O–H groups in total. The van der Waals surface area contributed by atoms with Crippen LogP contribution >= 0.6 is 0 Å². The van der Waals surface area contributed by atoms with Crippen LogP contribution in [0.3, 0.4) is 0 Å². The van der Waals surface area contributed by atoms with Crippen molar-refractivity contribution in [2.24, 2.45) is 11.8 Å². The minimum absolute atomic E-state index is 0.0743. The maximum Gasteiger partial charge on any atom is 0.309 e. The molecule has 156 valence electrons. The zero-order valence-corrected chi connectivity index (χ0v) is 16.4. The Morgan fingerprint density at radius 1 is 1.21 bits per heavy atom. The summed E-state index contributed by atoms with van der Waals surface area (Å²) in [7, 11) is 1.52.